The second kappa shape index (κ2) is 5.81. The van der Waals surface area contributed by atoms with Crippen molar-refractivity contribution in [3.63, 3.8) is 0 Å². The highest BCUT2D eigenvalue weighted by molar-refractivity contribution is 7.13. The molecule has 0 atom stereocenters. The zero-order valence-electron chi connectivity index (χ0n) is 10.1. The number of amides is 1. The number of hydrogen-bond donors (Lipinski definition) is 1. The van der Waals surface area contributed by atoms with Crippen molar-refractivity contribution in [1.82, 2.24) is 10.3 Å². The molecule has 0 spiro atoms. The standard InChI is InChI=1S/C11H15N3O3S/c1-17-10(16)5-8-7-18-11(13-8)14-4-2-3-12-9(15)6-14/h7H,2-6H2,1H3,(H,12,15). The van der Waals surface area contributed by atoms with E-state index in [0.29, 0.717) is 18.8 Å². The first kappa shape index (κ1) is 12.8. The van der Waals surface area contributed by atoms with E-state index >= 15 is 0 Å². The molecule has 1 saturated heterocycles. The maximum Gasteiger partial charge on any atom is 0.311 e. The van der Waals surface area contributed by atoms with Gasteiger partial charge in [0.1, 0.15) is 0 Å². The minimum absolute atomic E-state index is 0.0113. The molecular weight excluding hydrogens is 254 g/mol. The molecule has 18 heavy (non-hydrogen) atoms. The van der Waals surface area contributed by atoms with Crippen LogP contribution in [0.15, 0.2) is 5.38 Å². The van der Waals surface area contributed by atoms with E-state index in [0.717, 1.165) is 18.1 Å². The van der Waals surface area contributed by atoms with Crippen LogP contribution in [0.25, 0.3) is 0 Å². The Bertz CT molecular complexity index is 446. The third-order valence-corrected chi connectivity index (χ3v) is 3.57. The first-order valence-electron chi connectivity index (χ1n) is 5.72. The van der Waals surface area contributed by atoms with E-state index in [1.807, 2.05) is 10.3 Å². The summed E-state index contributed by atoms with van der Waals surface area (Å²) in [5.74, 6) is -0.294. The van der Waals surface area contributed by atoms with E-state index in [-0.39, 0.29) is 18.3 Å². The van der Waals surface area contributed by atoms with E-state index in [2.05, 4.69) is 15.0 Å². The van der Waals surface area contributed by atoms with Gasteiger partial charge in [-0.3, -0.25) is 9.59 Å². The maximum absolute atomic E-state index is 11.4. The first-order valence-corrected chi connectivity index (χ1v) is 6.60. The first-order chi connectivity index (χ1) is 8.69. The Morgan fingerprint density at radius 1 is 1.67 bits per heavy atom. The Labute approximate surface area is 109 Å². The summed E-state index contributed by atoms with van der Waals surface area (Å²) < 4.78 is 4.59. The van der Waals surface area contributed by atoms with Gasteiger partial charge in [0, 0.05) is 18.5 Å². The lowest BCUT2D eigenvalue weighted by atomic mass is 10.3. The molecule has 7 heteroatoms. The van der Waals surface area contributed by atoms with Crippen molar-refractivity contribution < 1.29 is 14.3 Å². The van der Waals surface area contributed by atoms with Gasteiger partial charge < -0.3 is 15.0 Å². The van der Waals surface area contributed by atoms with Crippen LogP contribution in [0.3, 0.4) is 0 Å². The van der Waals surface area contributed by atoms with E-state index < -0.39 is 0 Å². The summed E-state index contributed by atoms with van der Waals surface area (Å²) in [6.45, 7) is 1.82. The lowest BCUT2D eigenvalue weighted by molar-refractivity contribution is -0.139. The van der Waals surface area contributed by atoms with Crippen molar-refractivity contribution in [2.75, 3.05) is 31.6 Å². The molecule has 1 amide bonds. The second-order valence-corrected chi connectivity index (χ2v) is 4.84. The minimum Gasteiger partial charge on any atom is -0.469 e. The summed E-state index contributed by atoms with van der Waals surface area (Å²) in [6, 6.07) is 0. The number of nitrogens with zero attached hydrogens (tertiary/aromatic N) is 2. The summed E-state index contributed by atoms with van der Waals surface area (Å²) in [5.41, 5.74) is 0.687. The SMILES string of the molecule is COC(=O)Cc1csc(N2CCCNC(=O)C2)n1. The summed E-state index contributed by atoms with van der Waals surface area (Å²) in [4.78, 5) is 28.9. The van der Waals surface area contributed by atoms with Crippen molar-refractivity contribution in [3.05, 3.63) is 11.1 Å². The van der Waals surface area contributed by atoms with Crippen LogP contribution in [0, 0.1) is 0 Å². The molecular formula is C11H15N3O3S. The maximum atomic E-state index is 11.4. The van der Waals surface area contributed by atoms with E-state index in [1.165, 1.54) is 18.4 Å². The lowest BCUT2D eigenvalue weighted by Gasteiger charge is -2.17. The van der Waals surface area contributed by atoms with Gasteiger partial charge in [-0.25, -0.2) is 4.98 Å². The quantitative estimate of drug-likeness (QED) is 0.793. The molecule has 98 valence electrons. The molecule has 1 aliphatic rings. The normalized spacial score (nSPS) is 16.1. The van der Waals surface area contributed by atoms with Gasteiger partial charge in [-0.2, -0.15) is 0 Å². The monoisotopic (exact) mass is 269 g/mol. The highest BCUT2D eigenvalue weighted by Gasteiger charge is 2.18. The van der Waals surface area contributed by atoms with Crippen molar-refractivity contribution in [2.45, 2.75) is 12.8 Å². The number of nitrogens with one attached hydrogen (secondary N) is 1. The number of methoxy groups -OCH3 is 1. The number of ether oxygens (including phenoxy) is 1. The van der Waals surface area contributed by atoms with Gasteiger partial charge in [-0.1, -0.05) is 0 Å². The molecule has 1 aromatic heterocycles. The zero-order valence-corrected chi connectivity index (χ0v) is 11.0. The van der Waals surface area contributed by atoms with E-state index in [4.69, 9.17) is 0 Å². The van der Waals surface area contributed by atoms with Crippen LogP contribution in [-0.2, 0) is 20.7 Å². The van der Waals surface area contributed by atoms with Crippen LogP contribution in [0.5, 0.6) is 0 Å². The molecule has 2 rings (SSSR count). The molecule has 1 aromatic rings. The largest absolute Gasteiger partial charge is 0.469 e. The number of aromatic nitrogens is 1. The molecule has 0 bridgehead atoms. The lowest BCUT2D eigenvalue weighted by Crippen LogP contribution is -2.32. The minimum atomic E-state index is -0.305. The summed E-state index contributed by atoms with van der Waals surface area (Å²) in [5, 5.41) is 5.43. The number of esters is 1. The number of anilines is 1. The summed E-state index contributed by atoms with van der Waals surface area (Å²) >= 11 is 1.45. The summed E-state index contributed by atoms with van der Waals surface area (Å²) in [6.07, 6.45) is 1.07. The third-order valence-electron chi connectivity index (χ3n) is 2.62. The highest BCUT2D eigenvalue weighted by atomic mass is 32.1. The average Bonchev–Trinajstić information content (AvgIpc) is 2.70. The van der Waals surface area contributed by atoms with Gasteiger partial charge in [0.25, 0.3) is 0 Å². The molecule has 1 N–H and O–H groups in total. The Morgan fingerprint density at radius 3 is 3.28 bits per heavy atom. The van der Waals surface area contributed by atoms with Gasteiger partial charge in [0.2, 0.25) is 5.91 Å². The molecule has 1 fully saturated rings. The number of hydrogen-bond acceptors (Lipinski definition) is 6. The van der Waals surface area contributed by atoms with Crippen LogP contribution >= 0.6 is 11.3 Å². The fraction of sp³-hybridized carbons (Fsp3) is 0.545. The van der Waals surface area contributed by atoms with Crippen LogP contribution < -0.4 is 10.2 Å². The van der Waals surface area contributed by atoms with Crippen molar-refractivity contribution in [1.29, 1.82) is 0 Å². The number of thiazole rings is 1. The highest BCUT2D eigenvalue weighted by Crippen LogP contribution is 2.21. The van der Waals surface area contributed by atoms with Crippen molar-refractivity contribution in [3.8, 4) is 0 Å². The molecule has 0 saturated carbocycles. The van der Waals surface area contributed by atoms with Crippen molar-refractivity contribution >= 4 is 28.3 Å². The molecule has 0 radical (unpaired) electrons. The molecule has 0 aliphatic carbocycles. The fourth-order valence-electron chi connectivity index (χ4n) is 1.71. The number of carbonyl (C=O) groups is 2. The van der Waals surface area contributed by atoms with Gasteiger partial charge in [0.15, 0.2) is 5.13 Å². The molecule has 2 heterocycles. The fourth-order valence-corrected chi connectivity index (χ4v) is 2.56. The summed E-state index contributed by atoms with van der Waals surface area (Å²) in [7, 11) is 1.36. The van der Waals surface area contributed by atoms with Crippen LogP contribution in [-0.4, -0.2) is 43.6 Å². The van der Waals surface area contributed by atoms with Gasteiger partial charge in [-0.15, -0.1) is 11.3 Å². The Balaban J connectivity index is 2.04. The van der Waals surface area contributed by atoms with Gasteiger partial charge in [0.05, 0.1) is 25.8 Å². The predicted octanol–water partition coefficient (Wildman–Crippen LogP) is 0.185. The van der Waals surface area contributed by atoms with Gasteiger partial charge >= 0.3 is 5.97 Å². The molecule has 0 unspecified atom stereocenters. The van der Waals surface area contributed by atoms with Crippen LogP contribution in [0.1, 0.15) is 12.1 Å². The smallest absolute Gasteiger partial charge is 0.311 e. The van der Waals surface area contributed by atoms with E-state index in [9.17, 15) is 9.59 Å². The Morgan fingerprint density at radius 2 is 2.50 bits per heavy atom. The topological polar surface area (TPSA) is 71.5 Å². The van der Waals surface area contributed by atoms with Crippen molar-refractivity contribution in [2.24, 2.45) is 0 Å². The van der Waals surface area contributed by atoms with Gasteiger partial charge in [-0.05, 0) is 6.42 Å². The Kier molecular flexibility index (Phi) is 4.14. The van der Waals surface area contributed by atoms with E-state index in [1.54, 1.807) is 0 Å². The molecule has 6 nitrogen and oxygen atoms in total. The third kappa shape index (κ3) is 3.19. The zero-order chi connectivity index (χ0) is 13.0. The number of rotatable bonds is 3. The average molecular weight is 269 g/mol. The van der Waals surface area contributed by atoms with Crippen LogP contribution in [0.2, 0.25) is 0 Å². The molecule has 0 aromatic carbocycles. The second-order valence-electron chi connectivity index (χ2n) is 4.00. The predicted molar refractivity (Wildman–Crippen MR) is 67.7 cm³/mol. The Hall–Kier alpha value is -1.63. The number of carbonyl (C=O) groups excluding carboxylic acids is 2. The molecule has 1 aliphatic heterocycles. The van der Waals surface area contributed by atoms with Crippen LogP contribution in [0.4, 0.5) is 5.13 Å².